The normalized spacial score (nSPS) is 15.4. The molecule has 0 spiro atoms. The first-order valence-corrected chi connectivity index (χ1v) is 15.3. The number of furan rings is 1. The molecule has 3 aromatic heterocycles. The maximum absolute atomic E-state index is 13.6. The molecule has 216 valence electrons. The summed E-state index contributed by atoms with van der Waals surface area (Å²) in [6.07, 6.45) is 6.44. The van der Waals surface area contributed by atoms with Crippen LogP contribution >= 0.6 is 11.3 Å². The summed E-state index contributed by atoms with van der Waals surface area (Å²) in [4.78, 5) is 19.9. The van der Waals surface area contributed by atoms with Gasteiger partial charge in [0.2, 0.25) is 0 Å². The van der Waals surface area contributed by atoms with Crippen LogP contribution < -0.4 is 5.32 Å². The van der Waals surface area contributed by atoms with Crippen LogP contribution in [0.5, 0.6) is 0 Å². The van der Waals surface area contributed by atoms with Crippen LogP contribution in [0, 0.1) is 24.1 Å². The van der Waals surface area contributed by atoms with E-state index in [0.29, 0.717) is 24.6 Å². The van der Waals surface area contributed by atoms with Gasteiger partial charge in [0.25, 0.3) is 5.91 Å². The highest BCUT2D eigenvalue weighted by atomic mass is 32.1. The van der Waals surface area contributed by atoms with Crippen LogP contribution in [0.2, 0.25) is 0 Å². The van der Waals surface area contributed by atoms with Crippen molar-refractivity contribution in [2.75, 3.05) is 0 Å². The third kappa shape index (κ3) is 5.58. The molecular formula is C35H36FN3O2S. The van der Waals surface area contributed by atoms with Crippen LogP contribution in [0.15, 0.2) is 76.3 Å². The molecule has 5 nitrogen and oxygen atoms in total. The Balaban J connectivity index is 1.38. The average molecular weight is 582 g/mol. The molecule has 5 aromatic rings. The van der Waals surface area contributed by atoms with Gasteiger partial charge in [-0.1, -0.05) is 51.1 Å². The highest BCUT2D eigenvalue weighted by Crippen LogP contribution is 2.45. The van der Waals surface area contributed by atoms with Gasteiger partial charge in [-0.05, 0) is 79.0 Å². The Labute approximate surface area is 250 Å². The Morgan fingerprint density at radius 2 is 1.93 bits per heavy atom. The number of aliphatic imine (C=N–C) groups is 1. The number of fused-ring (bicyclic) bond motifs is 2. The highest BCUT2D eigenvalue weighted by molar-refractivity contribution is 7.16. The Bertz CT molecular complexity index is 1750. The Hall–Kier alpha value is -3.97. The summed E-state index contributed by atoms with van der Waals surface area (Å²) < 4.78 is 21.2. The van der Waals surface area contributed by atoms with Crippen molar-refractivity contribution in [3.63, 3.8) is 0 Å². The zero-order valence-electron chi connectivity index (χ0n) is 24.5. The minimum absolute atomic E-state index is 0.110. The molecule has 1 N–H and O–H groups in total. The number of nitrogens with one attached hydrogen (secondary N) is 1. The molecule has 0 aliphatic heterocycles. The number of hydrogen-bond donors (Lipinski definition) is 1. The summed E-state index contributed by atoms with van der Waals surface area (Å²) in [5.41, 5.74) is 6.25. The van der Waals surface area contributed by atoms with Gasteiger partial charge in [0.15, 0.2) is 0 Å². The maximum Gasteiger partial charge on any atom is 0.255 e. The van der Waals surface area contributed by atoms with Gasteiger partial charge in [0.1, 0.15) is 16.6 Å². The van der Waals surface area contributed by atoms with Gasteiger partial charge in [-0.3, -0.25) is 4.79 Å². The molecule has 0 saturated heterocycles. The first-order chi connectivity index (χ1) is 20.2. The monoisotopic (exact) mass is 581 g/mol. The molecule has 0 fully saturated rings. The molecule has 0 unspecified atom stereocenters. The van der Waals surface area contributed by atoms with Crippen molar-refractivity contribution in [1.29, 1.82) is 0 Å². The van der Waals surface area contributed by atoms with Crippen molar-refractivity contribution < 1.29 is 13.6 Å². The molecule has 6 rings (SSSR count). The maximum atomic E-state index is 13.6. The second-order valence-corrected chi connectivity index (χ2v) is 13.3. The lowest BCUT2D eigenvalue weighted by molar-refractivity contribution is 0.0947. The van der Waals surface area contributed by atoms with Gasteiger partial charge in [-0.25, -0.2) is 9.38 Å². The number of hydrogen-bond acceptors (Lipinski definition) is 4. The number of nitrogens with zero attached hydrogens (tertiary/aromatic N) is 2. The van der Waals surface area contributed by atoms with E-state index in [-0.39, 0.29) is 17.1 Å². The molecule has 3 heterocycles. The molecule has 1 amide bonds. The van der Waals surface area contributed by atoms with Crippen LogP contribution in [0.25, 0.3) is 10.9 Å². The molecule has 7 heteroatoms. The summed E-state index contributed by atoms with van der Waals surface area (Å²) >= 11 is 1.65. The predicted octanol–water partition coefficient (Wildman–Crippen LogP) is 8.62. The van der Waals surface area contributed by atoms with E-state index in [1.54, 1.807) is 17.6 Å². The number of benzene rings is 2. The molecular weight excluding hydrogens is 545 g/mol. The number of halogens is 1. The minimum Gasteiger partial charge on any atom is -0.467 e. The van der Waals surface area contributed by atoms with Crippen molar-refractivity contribution in [3.05, 3.63) is 111 Å². The quantitative estimate of drug-likeness (QED) is 0.196. The standard InChI is InChI=1S/C35H36FN3O2S/c1-22-29(27-9-5-6-10-30(27)39(22)21-23-11-14-25(36)15-12-23)20-38-34-32(33(40)37-19-26-8-7-17-41-26)28-16-13-24(35(2,3)4)18-31(28)42-34/h5-12,14-15,17,20,24H,13,16,18-19,21H2,1-4H3,(H,37,40)/t24-/m1/s1. The summed E-state index contributed by atoms with van der Waals surface area (Å²) in [7, 11) is 0. The van der Waals surface area contributed by atoms with E-state index in [4.69, 9.17) is 9.41 Å². The van der Waals surface area contributed by atoms with E-state index in [9.17, 15) is 9.18 Å². The zero-order valence-corrected chi connectivity index (χ0v) is 25.4. The number of carbonyl (C=O) groups excluding carboxylic acids is 1. The second kappa shape index (κ2) is 11.4. The van der Waals surface area contributed by atoms with Crippen LogP contribution in [0.4, 0.5) is 9.39 Å². The second-order valence-electron chi connectivity index (χ2n) is 12.2. The van der Waals surface area contributed by atoms with Crippen LogP contribution in [-0.2, 0) is 25.9 Å². The molecule has 1 aliphatic carbocycles. The number of carbonyl (C=O) groups is 1. The summed E-state index contributed by atoms with van der Waals surface area (Å²) in [5.74, 6) is 0.930. The smallest absolute Gasteiger partial charge is 0.255 e. The Kier molecular flexibility index (Phi) is 7.62. The van der Waals surface area contributed by atoms with Crippen LogP contribution in [0.1, 0.15) is 70.6 Å². The average Bonchev–Trinajstić information content (AvgIpc) is 3.68. The lowest BCUT2D eigenvalue weighted by atomic mass is 9.72. The fourth-order valence-electron chi connectivity index (χ4n) is 6.02. The largest absolute Gasteiger partial charge is 0.467 e. The third-order valence-corrected chi connectivity index (χ3v) is 9.71. The van der Waals surface area contributed by atoms with E-state index < -0.39 is 0 Å². The van der Waals surface area contributed by atoms with Gasteiger partial charge in [-0.15, -0.1) is 11.3 Å². The van der Waals surface area contributed by atoms with Crippen LogP contribution in [-0.4, -0.2) is 16.7 Å². The fraction of sp³-hybridized carbons (Fsp3) is 0.314. The molecule has 42 heavy (non-hydrogen) atoms. The molecule has 1 atom stereocenters. The third-order valence-electron chi connectivity index (χ3n) is 8.55. The fourth-order valence-corrected chi connectivity index (χ4v) is 7.29. The molecule has 2 aromatic carbocycles. The van der Waals surface area contributed by atoms with Crippen molar-refractivity contribution in [2.24, 2.45) is 16.3 Å². The van der Waals surface area contributed by atoms with Gasteiger partial charge in [0.05, 0.1) is 18.4 Å². The number of rotatable bonds is 7. The topological polar surface area (TPSA) is 59.5 Å². The highest BCUT2D eigenvalue weighted by Gasteiger charge is 2.33. The van der Waals surface area contributed by atoms with Crippen molar-refractivity contribution in [1.82, 2.24) is 9.88 Å². The molecule has 0 radical (unpaired) electrons. The molecule has 1 aliphatic rings. The SMILES string of the molecule is Cc1c(C=Nc2sc3c(c2C(=O)NCc2ccco2)CC[C@@H](C(C)(C)C)C3)c2ccccc2n1Cc1ccc(F)cc1. The van der Waals surface area contributed by atoms with E-state index in [1.807, 2.05) is 42.6 Å². The van der Waals surface area contributed by atoms with Gasteiger partial charge in [0, 0.05) is 39.8 Å². The number of thiophene rings is 1. The lowest BCUT2D eigenvalue weighted by Crippen LogP contribution is -2.28. The number of amides is 1. The van der Waals surface area contributed by atoms with E-state index in [0.717, 1.165) is 63.3 Å². The number of aromatic nitrogens is 1. The summed E-state index contributed by atoms with van der Waals surface area (Å²) in [6, 6.07) is 18.6. The van der Waals surface area contributed by atoms with Gasteiger partial charge < -0.3 is 14.3 Å². The molecule has 0 saturated carbocycles. The molecule has 0 bridgehead atoms. The minimum atomic E-state index is -0.239. The summed E-state index contributed by atoms with van der Waals surface area (Å²) in [5, 5.41) is 4.91. The summed E-state index contributed by atoms with van der Waals surface area (Å²) in [6.45, 7) is 9.96. The first-order valence-electron chi connectivity index (χ1n) is 14.5. The van der Waals surface area contributed by atoms with Crippen LogP contribution in [0.3, 0.4) is 0 Å². The van der Waals surface area contributed by atoms with E-state index in [1.165, 1.54) is 17.0 Å². The van der Waals surface area contributed by atoms with Crippen molar-refractivity contribution in [3.8, 4) is 0 Å². The van der Waals surface area contributed by atoms with Crippen molar-refractivity contribution >= 4 is 39.4 Å². The van der Waals surface area contributed by atoms with Gasteiger partial charge >= 0.3 is 0 Å². The lowest BCUT2D eigenvalue weighted by Gasteiger charge is -2.33. The predicted molar refractivity (Wildman–Crippen MR) is 169 cm³/mol. The Morgan fingerprint density at radius 3 is 2.67 bits per heavy atom. The first kappa shape index (κ1) is 28.2. The van der Waals surface area contributed by atoms with Gasteiger partial charge in [-0.2, -0.15) is 0 Å². The Morgan fingerprint density at radius 1 is 1.14 bits per heavy atom. The van der Waals surface area contributed by atoms with E-state index >= 15 is 0 Å². The van der Waals surface area contributed by atoms with Crippen molar-refractivity contribution in [2.45, 2.75) is 60.0 Å². The zero-order chi connectivity index (χ0) is 29.4. The van der Waals surface area contributed by atoms with E-state index in [2.05, 4.69) is 49.7 Å². The number of para-hydroxylation sites is 1.